The number of aryl methyl sites for hydroxylation is 1. The Kier molecular flexibility index (Phi) is 7.22. The van der Waals surface area contributed by atoms with E-state index in [0.717, 1.165) is 35.0 Å². The van der Waals surface area contributed by atoms with Crippen molar-refractivity contribution in [3.05, 3.63) is 20.8 Å². The van der Waals surface area contributed by atoms with E-state index in [2.05, 4.69) is 33.9 Å². The van der Waals surface area contributed by atoms with Crippen LogP contribution in [0.3, 0.4) is 0 Å². The molecule has 2 aromatic heterocycles. The number of carbonyl (C=O) groups is 2. The third-order valence-corrected chi connectivity index (χ3v) is 6.00. The Bertz CT molecular complexity index is 860. The van der Waals surface area contributed by atoms with Crippen LogP contribution in [0.2, 0.25) is 0 Å². The van der Waals surface area contributed by atoms with E-state index in [1.165, 1.54) is 18.4 Å². The lowest BCUT2D eigenvalue weighted by molar-refractivity contribution is -0.140. The van der Waals surface area contributed by atoms with Gasteiger partial charge in [0.05, 0.1) is 18.2 Å². The summed E-state index contributed by atoms with van der Waals surface area (Å²) in [5.41, 5.74) is 0.899. The number of esters is 1. The molecule has 0 saturated carbocycles. The van der Waals surface area contributed by atoms with Gasteiger partial charge in [0.2, 0.25) is 5.91 Å². The number of H-pyrrole nitrogens is 1. The number of nitrogens with one attached hydrogen (secondary N) is 2. The molecule has 0 unspecified atom stereocenters. The van der Waals surface area contributed by atoms with Crippen molar-refractivity contribution in [3.63, 3.8) is 0 Å². The molecule has 0 aromatic carbocycles. The molecule has 1 amide bonds. The van der Waals surface area contributed by atoms with Crippen molar-refractivity contribution in [2.24, 2.45) is 5.92 Å². The Hall–Kier alpha value is -1.87. The molecular weight excluding hydrogens is 374 g/mol. The topological polar surface area (TPSA) is 101 Å². The van der Waals surface area contributed by atoms with Crippen LogP contribution in [-0.4, -0.2) is 41.3 Å². The van der Waals surface area contributed by atoms with Crippen LogP contribution in [0.15, 0.2) is 9.95 Å². The van der Waals surface area contributed by atoms with Crippen molar-refractivity contribution in [2.45, 2.75) is 38.8 Å². The fourth-order valence-corrected chi connectivity index (χ4v) is 4.19. The largest absolute Gasteiger partial charge is 0.468 e. The second kappa shape index (κ2) is 9.18. The Morgan fingerprint density at radius 2 is 2.15 bits per heavy atom. The second-order valence-corrected chi connectivity index (χ2v) is 8.21. The van der Waals surface area contributed by atoms with Crippen molar-refractivity contribution in [1.29, 1.82) is 0 Å². The highest BCUT2D eigenvalue weighted by atomic mass is 32.2. The molecule has 0 aliphatic carbocycles. The number of ether oxygens (including phenoxy) is 1. The van der Waals surface area contributed by atoms with Crippen LogP contribution in [0.5, 0.6) is 0 Å². The van der Waals surface area contributed by atoms with Gasteiger partial charge in [0, 0.05) is 4.88 Å². The Morgan fingerprint density at radius 3 is 2.81 bits per heavy atom. The fraction of sp³-hybridized carbons (Fsp3) is 0.529. The Morgan fingerprint density at radius 1 is 1.42 bits per heavy atom. The molecule has 26 heavy (non-hydrogen) atoms. The van der Waals surface area contributed by atoms with Crippen molar-refractivity contribution in [1.82, 2.24) is 15.3 Å². The van der Waals surface area contributed by atoms with E-state index < -0.39 is 5.97 Å². The van der Waals surface area contributed by atoms with Gasteiger partial charge in [-0.15, -0.1) is 11.3 Å². The third kappa shape index (κ3) is 5.07. The van der Waals surface area contributed by atoms with Crippen molar-refractivity contribution in [3.8, 4) is 0 Å². The van der Waals surface area contributed by atoms with Gasteiger partial charge in [-0.25, -0.2) is 4.98 Å². The highest BCUT2D eigenvalue weighted by molar-refractivity contribution is 7.99. The minimum Gasteiger partial charge on any atom is -0.468 e. The zero-order valence-electron chi connectivity index (χ0n) is 15.3. The average molecular weight is 398 g/mol. The lowest BCUT2D eigenvalue weighted by Crippen LogP contribution is -2.31. The first-order chi connectivity index (χ1) is 12.3. The second-order valence-electron chi connectivity index (χ2n) is 6.05. The summed E-state index contributed by atoms with van der Waals surface area (Å²) in [5.74, 6) is -0.296. The minimum atomic E-state index is -0.515. The van der Waals surface area contributed by atoms with Crippen molar-refractivity contribution in [2.75, 3.05) is 19.4 Å². The summed E-state index contributed by atoms with van der Waals surface area (Å²) in [6.07, 6.45) is 1.91. The molecule has 2 rings (SSSR count). The molecule has 2 aromatic rings. The van der Waals surface area contributed by atoms with Crippen LogP contribution >= 0.6 is 23.1 Å². The highest BCUT2D eigenvalue weighted by Crippen LogP contribution is 2.30. The van der Waals surface area contributed by atoms with E-state index in [-0.39, 0.29) is 23.8 Å². The molecule has 0 saturated heterocycles. The van der Waals surface area contributed by atoms with Crippen LogP contribution < -0.4 is 10.9 Å². The van der Waals surface area contributed by atoms with Gasteiger partial charge in [0.15, 0.2) is 5.16 Å². The number of carbonyl (C=O) groups excluding carboxylic acids is 2. The van der Waals surface area contributed by atoms with Gasteiger partial charge in [-0.1, -0.05) is 32.0 Å². The minimum absolute atomic E-state index is 0.0511. The van der Waals surface area contributed by atoms with Gasteiger partial charge in [-0.05, 0) is 24.8 Å². The molecule has 2 heterocycles. The van der Waals surface area contributed by atoms with E-state index in [0.29, 0.717) is 21.3 Å². The SMILES string of the molecule is CC[C@H](C)Cc1c(C)sc2nc(SCC(=O)NCC(=O)OC)[nH]c(=O)c12. The van der Waals surface area contributed by atoms with E-state index >= 15 is 0 Å². The number of fused-ring (bicyclic) bond motifs is 1. The molecule has 142 valence electrons. The van der Waals surface area contributed by atoms with Crippen molar-refractivity contribution >= 4 is 45.2 Å². The number of hydrogen-bond donors (Lipinski definition) is 2. The van der Waals surface area contributed by atoms with Crippen LogP contribution in [-0.2, 0) is 20.7 Å². The fourth-order valence-electron chi connectivity index (χ4n) is 2.39. The van der Waals surface area contributed by atoms with E-state index in [1.807, 2.05) is 6.92 Å². The van der Waals surface area contributed by atoms with Gasteiger partial charge in [0.1, 0.15) is 11.4 Å². The maximum atomic E-state index is 12.5. The van der Waals surface area contributed by atoms with Crippen molar-refractivity contribution < 1.29 is 14.3 Å². The number of aromatic nitrogens is 2. The molecule has 9 heteroatoms. The zero-order chi connectivity index (χ0) is 19.3. The Labute approximate surface area is 159 Å². The standard InChI is InChI=1S/C17H23N3O4S2/c1-5-9(2)6-11-10(3)26-16-14(11)15(23)19-17(20-16)25-8-12(21)18-7-13(22)24-4/h9H,5-8H2,1-4H3,(H,18,21)(H,19,20,23)/t9-/m0/s1. The third-order valence-electron chi connectivity index (χ3n) is 4.09. The normalized spacial score (nSPS) is 12.2. The monoisotopic (exact) mass is 397 g/mol. The molecule has 2 N–H and O–H groups in total. The first-order valence-electron chi connectivity index (χ1n) is 8.34. The summed E-state index contributed by atoms with van der Waals surface area (Å²) in [5, 5.41) is 3.50. The average Bonchev–Trinajstić information content (AvgIpc) is 2.93. The summed E-state index contributed by atoms with van der Waals surface area (Å²) in [4.78, 5) is 44.3. The van der Waals surface area contributed by atoms with Crippen LogP contribution in [0.25, 0.3) is 10.2 Å². The van der Waals surface area contributed by atoms with E-state index in [1.54, 1.807) is 0 Å². The van der Waals surface area contributed by atoms with E-state index in [4.69, 9.17) is 0 Å². The van der Waals surface area contributed by atoms with Gasteiger partial charge in [0.25, 0.3) is 5.56 Å². The number of thioether (sulfide) groups is 1. The molecule has 0 aliphatic heterocycles. The summed E-state index contributed by atoms with van der Waals surface area (Å²) in [7, 11) is 1.26. The van der Waals surface area contributed by atoms with E-state index in [9.17, 15) is 14.4 Å². The molecule has 0 spiro atoms. The van der Waals surface area contributed by atoms with Gasteiger partial charge in [-0.2, -0.15) is 0 Å². The van der Waals surface area contributed by atoms with Crippen LogP contribution in [0.4, 0.5) is 0 Å². The number of rotatable bonds is 8. The van der Waals surface area contributed by atoms with Gasteiger partial charge in [-0.3, -0.25) is 14.4 Å². The molecule has 0 aliphatic rings. The number of thiophene rings is 1. The predicted molar refractivity (Wildman–Crippen MR) is 104 cm³/mol. The maximum Gasteiger partial charge on any atom is 0.325 e. The van der Waals surface area contributed by atoms with Gasteiger partial charge >= 0.3 is 5.97 Å². The van der Waals surface area contributed by atoms with Gasteiger partial charge < -0.3 is 15.0 Å². The zero-order valence-corrected chi connectivity index (χ0v) is 16.9. The molecule has 0 bridgehead atoms. The Balaban J connectivity index is 2.13. The number of methoxy groups -OCH3 is 1. The molecule has 0 fully saturated rings. The number of amides is 1. The lowest BCUT2D eigenvalue weighted by atomic mass is 9.98. The first-order valence-corrected chi connectivity index (χ1v) is 10.1. The molecule has 7 nitrogen and oxygen atoms in total. The van der Waals surface area contributed by atoms with Crippen LogP contribution in [0, 0.1) is 12.8 Å². The molecular formula is C17H23N3O4S2. The number of hydrogen-bond acceptors (Lipinski definition) is 7. The predicted octanol–water partition coefficient (Wildman–Crippen LogP) is 2.26. The highest BCUT2D eigenvalue weighted by Gasteiger charge is 2.17. The first kappa shape index (κ1) is 20.4. The smallest absolute Gasteiger partial charge is 0.325 e. The number of aromatic amines is 1. The summed E-state index contributed by atoms with van der Waals surface area (Å²) in [6.45, 7) is 6.14. The summed E-state index contributed by atoms with van der Waals surface area (Å²) in [6, 6.07) is 0. The lowest BCUT2D eigenvalue weighted by Gasteiger charge is -2.08. The van der Waals surface area contributed by atoms with Crippen LogP contribution in [0.1, 0.15) is 30.7 Å². The molecule has 1 atom stereocenters. The summed E-state index contributed by atoms with van der Waals surface area (Å²) < 4.78 is 4.46. The molecule has 0 radical (unpaired) electrons. The summed E-state index contributed by atoms with van der Waals surface area (Å²) >= 11 is 2.63. The maximum absolute atomic E-state index is 12.5. The quantitative estimate of drug-likeness (QED) is 0.403. The number of nitrogens with zero attached hydrogens (tertiary/aromatic N) is 1.